The van der Waals surface area contributed by atoms with Crippen LogP contribution in [0.4, 0.5) is 5.69 Å². The van der Waals surface area contributed by atoms with Crippen LogP contribution in [0.3, 0.4) is 0 Å². The predicted octanol–water partition coefficient (Wildman–Crippen LogP) is 2.15. The van der Waals surface area contributed by atoms with Crippen LogP contribution in [0.15, 0.2) is 24.3 Å². The van der Waals surface area contributed by atoms with E-state index < -0.39 is 0 Å². The van der Waals surface area contributed by atoms with E-state index in [1.807, 2.05) is 12.1 Å². The molecule has 0 spiro atoms. The molecule has 1 aliphatic rings. The van der Waals surface area contributed by atoms with E-state index in [2.05, 4.69) is 11.8 Å². The molecule has 1 aromatic carbocycles. The lowest BCUT2D eigenvalue weighted by atomic mass is 9.92. The van der Waals surface area contributed by atoms with E-state index in [-0.39, 0.29) is 16.7 Å². The molecule has 0 bridgehead atoms. The van der Waals surface area contributed by atoms with Crippen molar-refractivity contribution in [3.8, 4) is 0 Å². The van der Waals surface area contributed by atoms with Crippen LogP contribution < -0.4 is 5.73 Å². The van der Waals surface area contributed by atoms with Crippen LogP contribution in [-0.4, -0.2) is 29.0 Å². The van der Waals surface area contributed by atoms with E-state index in [4.69, 9.17) is 5.73 Å². The van der Waals surface area contributed by atoms with Crippen molar-refractivity contribution in [3.05, 3.63) is 39.9 Å². The molecule has 1 saturated heterocycles. The number of nitro benzene ring substituents is 1. The molecular formula is C14H21N3O2. The fraction of sp³-hybridized carbons (Fsp3) is 0.571. The highest BCUT2D eigenvalue weighted by Crippen LogP contribution is 2.21. The Hall–Kier alpha value is -1.46. The number of nitrogens with two attached hydrogens (primary N) is 1. The number of likely N-dealkylation sites (tertiary alicyclic amines) is 1. The second-order valence-electron chi connectivity index (χ2n) is 5.42. The molecule has 1 heterocycles. The van der Waals surface area contributed by atoms with Gasteiger partial charge < -0.3 is 5.73 Å². The molecule has 2 N–H and O–H groups in total. The van der Waals surface area contributed by atoms with Gasteiger partial charge in [-0.25, -0.2) is 0 Å². The number of benzene rings is 1. The Morgan fingerprint density at radius 3 is 2.74 bits per heavy atom. The van der Waals surface area contributed by atoms with Gasteiger partial charge in [-0.1, -0.05) is 12.1 Å². The van der Waals surface area contributed by atoms with Gasteiger partial charge in [0.15, 0.2) is 0 Å². The van der Waals surface area contributed by atoms with Crippen LogP contribution in [0.2, 0.25) is 0 Å². The molecule has 1 aromatic rings. The minimum atomic E-state index is -0.364. The van der Waals surface area contributed by atoms with E-state index in [1.165, 1.54) is 12.8 Å². The number of hydrogen-bond acceptors (Lipinski definition) is 4. The van der Waals surface area contributed by atoms with Gasteiger partial charge in [-0.05, 0) is 37.8 Å². The fourth-order valence-electron chi connectivity index (χ4n) is 2.65. The first-order valence-corrected chi connectivity index (χ1v) is 6.77. The number of non-ortho nitro benzene ring substituents is 1. The summed E-state index contributed by atoms with van der Waals surface area (Å²) >= 11 is 0. The molecule has 104 valence electrons. The summed E-state index contributed by atoms with van der Waals surface area (Å²) < 4.78 is 0. The Morgan fingerprint density at radius 1 is 1.47 bits per heavy atom. The highest BCUT2D eigenvalue weighted by Gasteiger charge is 2.22. The summed E-state index contributed by atoms with van der Waals surface area (Å²) in [6.45, 7) is 5.02. The maximum Gasteiger partial charge on any atom is 0.269 e. The zero-order chi connectivity index (χ0) is 13.8. The van der Waals surface area contributed by atoms with Gasteiger partial charge in [0.05, 0.1) is 4.92 Å². The van der Waals surface area contributed by atoms with E-state index in [9.17, 15) is 10.1 Å². The fourth-order valence-corrected chi connectivity index (χ4v) is 2.65. The molecule has 0 saturated carbocycles. The van der Waals surface area contributed by atoms with Gasteiger partial charge in [0.1, 0.15) is 0 Å². The topological polar surface area (TPSA) is 72.4 Å². The summed E-state index contributed by atoms with van der Waals surface area (Å²) in [6, 6.07) is 7.06. The number of rotatable bonds is 4. The summed E-state index contributed by atoms with van der Waals surface area (Å²) in [5.74, 6) is 0.562. The normalized spacial score (nSPS) is 22.1. The van der Waals surface area contributed by atoms with Gasteiger partial charge >= 0.3 is 0 Å². The second kappa shape index (κ2) is 6.12. The maximum atomic E-state index is 10.6. The zero-order valence-electron chi connectivity index (χ0n) is 11.3. The first-order chi connectivity index (χ1) is 9.06. The van der Waals surface area contributed by atoms with Crippen LogP contribution in [-0.2, 0) is 6.54 Å². The lowest BCUT2D eigenvalue weighted by Crippen LogP contribution is -2.41. The lowest BCUT2D eigenvalue weighted by molar-refractivity contribution is -0.384. The average Bonchev–Trinajstić information content (AvgIpc) is 2.39. The zero-order valence-corrected chi connectivity index (χ0v) is 11.3. The molecule has 0 aliphatic carbocycles. The highest BCUT2D eigenvalue weighted by molar-refractivity contribution is 5.32. The number of hydrogen-bond donors (Lipinski definition) is 1. The van der Waals surface area contributed by atoms with Crippen molar-refractivity contribution in [1.29, 1.82) is 0 Å². The van der Waals surface area contributed by atoms with Gasteiger partial charge in [-0.3, -0.25) is 15.0 Å². The van der Waals surface area contributed by atoms with Crippen molar-refractivity contribution in [1.82, 2.24) is 4.90 Å². The van der Waals surface area contributed by atoms with E-state index >= 15 is 0 Å². The summed E-state index contributed by atoms with van der Waals surface area (Å²) in [6.07, 6.45) is 2.38. The maximum absolute atomic E-state index is 10.6. The third kappa shape index (κ3) is 3.75. The Balaban J connectivity index is 1.95. The van der Waals surface area contributed by atoms with Gasteiger partial charge in [0.25, 0.3) is 5.69 Å². The highest BCUT2D eigenvalue weighted by atomic mass is 16.6. The van der Waals surface area contributed by atoms with Crippen LogP contribution >= 0.6 is 0 Å². The summed E-state index contributed by atoms with van der Waals surface area (Å²) in [7, 11) is 0. The molecule has 0 amide bonds. The van der Waals surface area contributed by atoms with Crippen molar-refractivity contribution < 1.29 is 4.92 Å². The standard InChI is InChI=1S/C14H21N3O2/c1-11(15)13-3-2-8-16(10-13)9-12-4-6-14(7-5-12)17(18)19/h4-7,11,13H,2-3,8-10,15H2,1H3. The molecule has 0 aromatic heterocycles. The Bertz CT molecular complexity index is 431. The number of nitro groups is 1. The molecule has 19 heavy (non-hydrogen) atoms. The quantitative estimate of drug-likeness (QED) is 0.667. The summed E-state index contributed by atoms with van der Waals surface area (Å²) in [5, 5.41) is 10.6. The van der Waals surface area contributed by atoms with Crippen molar-refractivity contribution in [2.24, 2.45) is 11.7 Å². The summed E-state index contributed by atoms with van der Waals surface area (Å²) in [5.41, 5.74) is 7.24. The molecule has 2 unspecified atom stereocenters. The number of piperidine rings is 1. The molecule has 1 aliphatic heterocycles. The van der Waals surface area contributed by atoms with Gasteiger partial charge in [-0.2, -0.15) is 0 Å². The number of nitrogens with zero attached hydrogens (tertiary/aromatic N) is 2. The second-order valence-corrected chi connectivity index (χ2v) is 5.42. The minimum Gasteiger partial charge on any atom is -0.328 e. The van der Waals surface area contributed by atoms with Crippen LogP contribution in [0.25, 0.3) is 0 Å². The first kappa shape index (κ1) is 14.0. The lowest BCUT2D eigenvalue weighted by Gasteiger charge is -2.34. The third-order valence-electron chi connectivity index (χ3n) is 3.84. The average molecular weight is 263 g/mol. The van der Waals surface area contributed by atoms with Crippen LogP contribution in [0.5, 0.6) is 0 Å². The van der Waals surface area contributed by atoms with E-state index in [0.29, 0.717) is 5.92 Å². The van der Waals surface area contributed by atoms with E-state index in [0.717, 1.165) is 25.2 Å². The van der Waals surface area contributed by atoms with Gasteiger partial charge in [-0.15, -0.1) is 0 Å². The Morgan fingerprint density at radius 2 is 2.16 bits per heavy atom. The largest absolute Gasteiger partial charge is 0.328 e. The predicted molar refractivity (Wildman–Crippen MR) is 74.7 cm³/mol. The van der Waals surface area contributed by atoms with Crippen molar-refractivity contribution in [3.63, 3.8) is 0 Å². The van der Waals surface area contributed by atoms with E-state index in [1.54, 1.807) is 12.1 Å². The molecule has 2 rings (SSSR count). The third-order valence-corrected chi connectivity index (χ3v) is 3.84. The molecule has 5 nitrogen and oxygen atoms in total. The Kier molecular flexibility index (Phi) is 4.50. The Labute approximate surface area is 113 Å². The first-order valence-electron chi connectivity index (χ1n) is 6.77. The van der Waals surface area contributed by atoms with Crippen molar-refractivity contribution in [2.75, 3.05) is 13.1 Å². The molecule has 1 fully saturated rings. The van der Waals surface area contributed by atoms with Crippen LogP contribution in [0, 0.1) is 16.0 Å². The van der Waals surface area contributed by atoms with Gasteiger partial charge in [0.2, 0.25) is 0 Å². The molecule has 5 heteroatoms. The molecule has 0 radical (unpaired) electrons. The SMILES string of the molecule is CC(N)C1CCCN(Cc2ccc([N+](=O)[O-])cc2)C1. The van der Waals surface area contributed by atoms with Crippen molar-refractivity contribution >= 4 is 5.69 Å². The summed E-state index contributed by atoms with van der Waals surface area (Å²) in [4.78, 5) is 12.6. The monoisotopic (exact) mass is 263 g/mol. The smallest absolute Gasteiger partial charge is 0.269 e. The minimum absolute atomic E-state index is 0.149. The van der Waals surface area contributed by atoms with Gasteiger partial charge in [0, 0.05) is 31.3 Å². The molecular weight excluding hydrogens is 242 g/mol. The van der Waals surface area contributed by atoms with Crippen molar-refractivity contribution in [2.45, 2.75) is 32.4 Å². The molecule has 2 atom stereocenters. The van der Waals surface area contributed by atoms with Crippen LogP contribution in [0.1, 0.15) is 25.3 Å².